The SMILES string of the molecule is CCCC(C)CC(CC)CC(F)OCC. The van der Waals surface area contributed by atoms with Gasteiger partial charge in [-0.3, -0.25) is 0 Å². The normalized spacial score (nSPS) is 17.4. The van der Waals surface area contributed by atoms with Crippen molar-refractivity contribution in [2.24, 2.45) is 11.8 Å². The van der Waals surface area contributed by atoms with Crippen molar-refractivity contribution >= 4 is 0 Å². The Labute approximate surface area is 94.4 Å². The van der Waals surface area contributed by atoms with Crippen LogP contribution in [0.2, 0.25) is 0 Å². The Morgan fingerprint density at radius 1 is 1.13 bits per heavy atom. The fraction of sp³-hybridized carbons (Fsp3) is 1.00. The molecule has 0 saturated heterocycles. The molecule has 0 aliphatic heterocycles. The molecule has 92 valence electrons. The summed E-state index contributed by atoms with van der Waals surface area (Å²) in [5.74, 6) is 1.20. The third-order valence-corrected chi connectivity index (χ3v) is 2.96. The van der Waals surface area contributed by atoms with E-state index in [0.29, 0.717) is 24.9 Å². The third kappa shape index (κ3) is 7.78. The van der Waals surface area contributed by atoms with E-state index in [9.17, 15) is 4.39 Å². The summed E-state index contributed by atoms with van der Waals surface area (Å²) in [5.41, 5.74) is 0. The van der Waals surface area contributed by atoms with Gasteiger partial charge < -0.3 is 4.74 Å². The molecule has 0 aliphatic rings. The standard InChI is InChI=1S/C13H27FO/c1-5-8-11(4)9-12(6-2)10-13(14)15-7-3/h11-13H,5-10H2,1-4H3. The van der Waals surface area contributed by atoms with E-state index >= 15 is 0 Å². The summed E-state index contributed by atoms with van der Waals surface area (Å²) in [5, 5.41) is 0. The minimum Gasteiger partial charge on any atom is -0.348 e. The molecule has 0 fully saturated rings. The van der Waals surface area contributed by atoms with Gasteiger partial charge in [-0.05, 0) is 25.2 Å². The predicted octanol–water partition coefficient (Wildman–Crippen LogP) is 4.56. The molecule has 3 atom stereocenters. The van der Waals surface area contributed by atoms with Gasteiger partial charge in [0.15, 0.2) is 6.36 Å². The molecule has 3 unspecified atom stereocenters. The zero-order valence-electron chi connectivity index (χ0n) is 10.8. The van der Waals surface area contributed by atoms with Gasteiger partial charge in [-0.15, -0.1) is 0 Å². The fourth-order valence-corrected chi connectivity index (χ4v) is 2.12. The molecule has 0 radical (unpaired) electrons. The number of halogens is 1. The second kappa shape index (κ2) is 9.14. The van der Waals surface area contributed by atoms with Crippen molar-refractivity contribution in [1.29, 1.82) is 0 Å². The Bertz CT molecular complexity index is 124. The van der Waals surface area contributed by atoms with Crippen molar-refractivity contribution in [1.82, 2.24) is 0 Å². The molecule has 0 amide bonds. The summed E-state index contributed by atoms with van der Waals surface area (Å²) in [7, 11) is 0. The van der Waals surface area contributed by atoms with Crippen LogP contribution in [0.25, 0.3) is 0 Å². The van der Waals surface area contributed by atoms with E-state index in [1.54, 1.807) is 0 Å². The van der Waals surface area contributed by atoms with E-state index in [2.05, 4.69) is 20.8 Å². The van der Waals surface area contributed by atoms with Crippen molar-refractivity contribution in [2.75, 3.05) is 6.61 Å². The van der Waals surface area contributed by atoms with Gasteiger partial charge in [0.25, 0.3) is 0 Å². The molecular formula is C13H27FO. The molecular weight excluding hydrogens is 191 g/mol. The molecule has 15 heavy (non-hydrogen) atoms. The Morgan fingerprint density at radius 2 is 1.80 bits per heavy atom. The summed E-state index contributed by atoms with van der Waals surface area (Å²) < 4.78 is 18.2. The lowest BCUT2D eigenvalue weighted by molar-refractivity contribution is -0.0490. The van der Waals surface area contributed by atoms with Crippen LogP contribution < -0.4 is 0 Å². The van der Waals surface area contributed by atoms with Crippen LogP contribution in [0, 0.1) is 11.8 Å². The lowest BCUT2D eigenvalue weighted by atomic mass is 9.89. The van der Waals surface area contributed by atoms with E-state index in [4.69, 9.17) is 4.74 Å². The topological polar surface area (TPSA) is 9.23 Å². The number of alkyl halides is 1. The molecule has 0 aromatic carbocycles. The van der Waals surface area contributed by atoms with Crippen molar-refractivity contribution in [2.45, 2.75) is 66.2 Å². The Balaban J connectivity index is 3.80. The highest BCUT2D eigenvalue weighted by molar-refractivity contribution is 4.64. The maximum Gasteiger partial charge on any atom is 0.199 e. The molecule has 0 rings (SSSR count). The third-order valence-electron chi connectivity index (χ3n) is 2.96. The van der Waals surface area contributed by atoms with E-state index in [0.717, 1.165) is 12.8 Å². The first-order chi connectivity index (χ1) is 7.13. The summed E-state index contributed by atoms with van der Waals surface area (Å²) in [6.07, 6.45) is 4.18. The molecule has 0 bridgehead atoms. The quantitative estimate of drug-likeness (QED) is 0.551. The van der Waals surface area contributed by atoms with E-state index in [1.165, 1.54) is 12.8 Å². The predicted molar refractivity (Wildman–Crippen MR) is 63.6 cm³/mol. The molecule has 0 aromatic heterocycles. The van der Waals surface area contributed by atoms with Gasteiger partial charge in [-0.1, -0.05) is 40.0 Å². The summed E-state index contributed by atoms with van der Waals surface area (Å²) in [4.78, 5) is 0. The van der Waals surface area contributed by atoms with Crippen molar-refractivity contribution in [3.05, 3.63) is 0 Å². The highest BCUT2D eigenvalue weighted by Crippen LogP contribution is 2.24. The Hall–Kier alpha value is -0.110. The largest absolute Gasteiger partial charge is 0.348 e. The fourth-order valence-electron chi connectivity index (χ4n) is 2.12. The average Bonchev–Trinajstić information content (AvgIpc) is 2.17. The Kier molecular flexibility index (Phi) is 9.07. The van der Waals surface area contributed by atoms with Crippen LogP contribution in [0.15, 0.2) is 0 Å². The molecule has 2 heteroatoms. The van der Waals surface area contributed by atoms with E-state index in [-0.39, 0.29) is 0 Å². The maximum absolute atomic E-state index is 13.3. The van der Waals surface area contributed by atoms with Crippen molar-refractivity contribution < 1.29 is 9.13 Å². The zero-order chi connectivity index (χ0) is 11.7. The molecule has 0 spiro atoms. The van der Waals surface area contributed by atoms with Crippen LogP contribution in [-0.2, 0) is 4.74 Å². The second-order valence-electron chi connectivity index (χ2n) is 4.50. The first-order valence-electron chi connectivity index (χ1n) is 6.39. The summed E-state index contributed by atoms with van der Waals surface area (Å²) >= 11 is 0. The number of rotatable bonds is 9. The lowest BCUT2D eigenvalue weighted by Gasteiger charge is -2.21. The second-order valence-corrected chi connectivity index (χ2v) is 4.50. The van der Waals surface area contributed by atoms with Crippen molar-refractivity contribution in [3.8, 4) is 0 Å². The monoisotopic (exact) mass is 218 g/mol. The number of ether oxygens (including phenoxy) is 1. The van der Waals surface area contributed by atoms with Crippen LogP contribution in [0.5, 0.6) is 0 Å². The van der Waals surface area contributed by atoms with Crippen molar-refractivity contribution in [3.63, 3.8) is 0 Å². The molecule has 1 nitrogen and oxygen atoms in total. The minimum atomic E-state index is -1.06. The van der Waals surface area contributed by atoms with Gasteiger partial charge in [0.05, 0.1) is 0 Å². The molecule has 0 aromatic rings. The lowest BCUT2D eigenvalue weighted by Crippen LogP contribution is -2.15. The van der Waals surface area contributed by atoms with Gasteiger partial charge in [0, 0.05) is 13.0 Å². The average molecular weight is 218 g/mol. The summed E-state index contributed by atoms with van der Waals surface area (Å²) in [6.45, 7) is 8.92. The van der Waals surface area contributed by atoms with E-state index < -0.39 is 6.36 Å². The highest BCUT2D eigenvalue weighted by Gasteiger charge is 2.16. The van der Waals surface area contributed by atoms with Crippen LogP contribution >= 0.6 is 0 Å². The summed E-state index contributed by atoms with van der Waals surface area (Å²) in [6, 6.07) is 0. The maximum atomic E-state index is 13.3. The first kappa shape index (κ1) is 14.9. The first-order valence-corrected chi connectivity index (χ1v) is 6.39. The van der Waals surface area contributed by atoms with Gasteiger partial charge in [-0.25, -0.2) is 4.39 Å². The smallest absolute Gasteiger partial charge is 0.199 e. The molecule has 0 heterocycles. The van der Waals surface area contributed by atoms with E-state index in [1.807, 2.05) is 6.92 Å². The molecule has 0 N–H and O–H groups in total. The van der Waals surface area contributed by atoms with Gasteiger partial charge in [0.2, 0.25) is 0 Å². The zero-order valence-corrected chi connectivity index (χ0v) is 10.8. The van der Waals surface area contributed by atoms with Crippen LogP contribution in [0.1, 0.15) is 59.8 Å². The van der Waals surface area contributed by atoms with Crippen LogP contribution in [-0.4, -0.2) is 13.0 Å². The minimum absolute atomic E-state index is 0.474. The molecule has 0 aliphatic carbocycles. The number of hydrogen-bond acceptors (Lipinski definition) is 1. The highest BCUT2D eigenvalue weighted by atomic mass is 19.1. The molecule has 0 saturated carbocycles. The Morgan fingerprint density at radius 3 is 2.27 bits per heavy atom. The van der Waals surface area contributed by atoms with Gasteiger partial charge in [-0.2, -0.15) is 0 Å². The number of hydrogen-bond donors (Lipinski definition) is 0. The van der Waals surface area contributed by atoms with Gasteiger partial charge in [0.1, 0.15) is 0 Å². The van der Waals surface area contributed by atoms with Crippen LogP contribution in [0.3, 0.4) is 0 Å². The van der Waals surface area contributed by atoms with Gasteiger partial charge >= 0.3 is 0 Å². The van der Waals surface area contributed by atoms with Crippen LogP contribution in [0.4, 0.5) is 4.39 Å².